The third kappa shape index (κ3) is 4.23. The molecular formula is C21H17ClF3N5O2S. The molecule has 12 heteroatoms. The van der Waals surface area contributed by atoms with Crippen molar-refractivity contribution in [3.05, 3.63) is 64.1 Å². The van der Waals surface area contributed by atoms with E-state index in [1.165, 1.54) is 11.3 Å². The molecule has 0 radical (unpaired) electrons. The summed E-state index contributed by atoms with van der Waals surface area (Å²) in [5.41, 5.74) is -1.36. The molecule has 0 aromatic carbocycles. The summed E-state index contributed by atoms with van der Waals surface area (Å²) in [6, 6.07) is 8.00. The van der Waals surface area contributed by atoms with Crippen LogP contribution in [0.25, 0.3) is 16.2 Å². The van der Waals surface area contributed by atoms with E-state index in [2.05, 4.69) is 15.0 Å². The van der Waals surface area contributed by atoms with E-state index in [0.29, 0.717) is 42.1 Å². The number of thiophene rings is 1. The summed E-state index contributed by atoms with van der Waals surface area (Å²) in [5, 5.41) is 5.49. The molecule has 0 bridgehead atoms. The zero-order chi connectivity index (χ0) is 23.2. The van der Waals surface area contributed by atoms with Crippen LogP contribution in [0.3, 0.4) is 0 Å². The molecular weight excluding hydrogens is 479 g/mol. The fourth-order valence-corrected chi connectivity index (χ4v) is 4.69. The average Bonchev–Trinajstić information content (AvgIpc) is 3.55. The van der Waals surface area contributed by atoms with Gasteiger partial charge in [0.15, 0.2) is 17.0 Å². The van der Waals surface area contributed by atoms with Crippen LogP contribution >= 0.6 is 22.9 Å². The maximum Gasteiger partial charge on any atom is 0.433 e. The van der Waals surface area contributed by atoms with Crippen molar-refractivity contribution in [2.45, 2.75) is 12.7 Å². The molecule has 1 amide bonds. The van der Waals surface area contributed by atoms with Gasteiger partial charge in [-0.2, -0.15) is 18.3 Å². The molecule has 1 fully saturated rings. The zero-order valence-corrected chi connectivity index (χ0v) is 18.6. The molecule has 4 aromatic rings. The second kappa shape index (κ2) is 8.47. The van der Waals surface area contributed by atoms with Crippen LogP contribution in [-0.2, 0) is 12.7 Å². The lowest BCUT2D eigenvalue weighted by atomic mass is 10.2. The van der Waals surface area contributed by atoms with Gasteiger partial charge in [-0.05, 0) is 29.6 Å². The molecule has 1 saturated heterocycles. The number of hydrogen-bond acceptors (Lipinski definition) is 6. The first kappa shape index (κ1) is 21.9. The second-order valence-electron chi connectivity index (χ2n) is 7.55. The Bertz CT molecular complexity index is 1280. The fourth-order valence-electron chi connectivity index (χ4n) is 3.76. The number of hydrogen-bond donors (Lipinski definition) is 0. The first-order valence-corrected chi connectivity index (χ1v) is 11.3. The van der Waals surface area contributed by atoms with Gasteiger partial charge in [-0.15, -0.1) is 11.3 Å². The SMILES string of the molecule is O=C(c1nn2c(C(F)(F)F)cc(-c3cccs3)nc2c1Cl)N1CCN(Cc2ccco2)CC1. The summed E-state index contributed by atoms with van der Waals surface area (Å²) >= 11 is 7.63. The van der Waals surface area contributed by atoms with Crippen molar-refractivity contribution in [3.8, 4) is 10.6 Å². The highest BCUT2D eigenvalue weighted by atomic mass is 35.5. The van der Waals surface area contributed by atoms with Gasteiger partial charge in [-0.25, -0.2) is 9.50 Å². The molecule has 5 heterocycles. The van der Waals surface area contributed by atoms with Gasteiger partial charge in [0.05, 0.1) is 23.4 Å². The number of carbonyl (C=O) groups is 1. The predicted octanol–water partition coefficient (Wildman–Crippen LogP) is 4.68. The lowest BCUT2D eigenvalue weighted by Crippen LogP contribution is -2.48. The lowest BCUT2D eigenvalue weighted by molar-refractivity contribution is -0.142. The van der Waals surface area contributed by atoms with Crippen molar-refractivity contribution < 1.29 is 22.4 Å². The van der Waals surface area contributed by atoms with Crippen molar-refractivity contribution in [2.75, 3.05) is 26.2 Å². The smallest absolute Gasteiger partial charge is 0.433 e. The highest BCUT2D eigenvalue weighted by Gasteiger charge is 2.37. The van der Waals surface area contributed by atoms with Crippen LogP contribution in [0.4, 0.5) is 13.2 Å². The second-order valence-corrected chi connectivity index (χ2v) is 8.87. The molecule has 1 aliphatic heterocycles. The van der Waals surface area contributed by atoms with Gasteiger partial charge in [0.25, 0.3) is 5.91 Å². The van der Waals surface area contributed by atoms with Gasteiger partial charge >= 0.3 is 6.18 Å². The minimum atomic E-state index is -4.71. The van der Waals surface area contributed by atoms with Gasteiger partial charge in [0.1, 0.15) is 10.8 Å². The Morgan fingerprint density at radius 2 is 1.97 bits per heavy atom. The number of piperazine rings is 1. The monoisotopic (exact) mass is 495 g/mol. The van der Waals surface area contributed by atoms with E-state index < -0.39 is 17.8 Å². The van der Waals surface area contributed by atoms with E-state index in [9.17, 15) is 18.0 Å². The molecule has 0 saturated carbocycles. The molecule has 7 nitrogen and oxygen atoms in total. The minimum Gasteiger partial charge on any atom is -0.468 e. The van der Waals surface area contributed by atoms with E-state index in [0.717, 1.165) is 11.8 Å². The lowest BCUT2D eigenvalue weighted by Gasteiger charge is -2.33. The highest BCUT2D eigenvalue weighted by molar-refractivity contribution is 7.13. The van der Waals surface area contributed by atoms with Crippen LogP contribution in [0, 0.1) is 0 Å². The Labute approximate surface area is 195 Å². The van der Waals surface area contributed by atoms with Crippen LogP contribution in [0.1, 0.15) is 21.9 Å². The van der Waals surface area contributed by atoms with Gasteiger partial charge < -0.3 is 9.32 Å². The number of carbonyl (C=O) groups excluding carboxylic acids is 1. The number of amides is 1. The molecule has 0 N–H and O–H groups in total. The van der Waals surface area contributed by atoms with Crippen molar-refractivity contribution in [3.63, 3.8) is 0 Å². The molecule has 0 spiro atoms. The standard InChI is InChI=1S/C21H17ClF3N5O2S/c22-17-18(20(31)29-7-5-28(6-8-29)12-13-3-1-9-32-13)27-30-16(21(23,24)25)11-14(26-19(17)30)15-4-2-10-33-15/h1-4,9-11H,5-8,12H2. The van der Waals surface area contributed by atoms with Crippen molar-refractivity contribution in [2.24, 2.45) is 0 Å². The number of furan rings is 1. The molecule has 0 unspecified atom stereocenters. The zero-order valence-electron chi connectivity index (χ0n) is 17.0. The summed E-state index contributed by atoms with van der Waals surface area (Å²) in [7, 11) is 0. The molecule has 33 heavy (non-hydrogen) atoms. The number of aromatic nitrogens is 3. The number of alkyl halides is 3. The summed E-state index contributed by atoms with van der Waals surface area (Å²) in [4.78, 5) is 21.6. The number of rotatable bonds is 4. The summed E-state index contributed by atoms with van der Waals surface area (Å²) in [6.07, 6.45) is -3.10. The van der Waals surface area contributed by atoms with Crippen LogP contribution < -0.4 is 0 Å². The Hall–Kier alpha value is -2.89. The fraction of sp³-hybridized carbons (Fsp3) is 0.286. The van der Waals surface area contributed by atoms with Crippen LogP contribution in [0.2, 0.25) is 5.02 Å². The maximum absolute atomic E-state index is 13.8. The summed E-state index contributed by atoms with van der Waals surface area (Å²) in [6.45, 7) is 2.58. The van der Waals surface area contributed by atoms with Gasteiger partial charge in [-0.3, -0.25) is 9.69 Å². The predicted molar refractivity (Wildman–Crippen MR) is 116 cm³/mol. The summed E-state index contributed by atoms with van der Waals surface area (Å²) < 4.78 is 47.4. The Kier molecular flexibility index (Phi) is 5.63. The van der Waals surface area contributed by atoms with Gasteiger partial charge in [-0.1, -0.05) is 17.7 Å². The Balaban J connectivity index is 1.44. The molecule has 5 rings (SSSR count). The third-order valence-corrected chi connectivity index (χ3v) is 6.66. The number of fused-ring (bicyclic) bond motifs is 1. The highest BCUT2D eigenvalue weighted by Crippen LogP contribution is 2.35. The Morgan fingerprint density at radius 1 is 1.18 bits per heavy atom. The van der Waals surface area contributed by atoms with Crippen LogP contribution in [0.5, 0.6) is 0 Å². The topological polar surface area (TPSA) is 66.9 Å². The Morgan fingerprint density at radius 3 is 2.61 bits per heavy atom. The van der Waals surface area contributed by atoms with Gasteiger partial charge in [0.2, 0.25) is 0 Å². The normalized spacial score (nSPS) is 15.5. The van der Waals surface area contributed by atoms with Crippen LogP contribution in [0.15, 0.2) is 46.4 Å². The quantitative estimate of drug-likeness (QED) is 0.411. The molecule has 4 aromatic heterocycles. The minimum absolute atomic E-state index is 0.122. The first-order chi connectivity index (χ1) is 15.8. The molecule has 172 valence electrons. The molecule has 1 aliphatic rings. The van der Waals surface area contributed by atoms with E-state index in [1.54, 1.807) is 28.7 Å². The number of halogens is 4. The first-order valence-electron chi connectivity index (χ1n) is 10.1. The van der Waals surface area contributed by atoms with Crippen molar-refractivity contribution >= 4 is 34.5 Å². The van der Waals surface area contributed by atoms with E-state index in [4.69, 9.17) is 16.0 Å². The van der Waals surface area contributed by atoms with Gasteiger partial charge in [0, 0.05) is 26.2 Å². The van der Waals surface area contributed by atoms with Crippen molar-refractivity contribution in [1.82, 2.24) is 24.4 Å². The molecule has 0 aliphatic carbocycles. The largest absolute Gasteiger partial charge is 0.468 e. The number of nitrogens with zero attached hydrogens (tertiary/aromatic N) is 5. The van der Waals surface area contributed by atoms with E-state index in [-0.39, 0.29) is 22.1 Å². The van der Waals surface area contributed by atoms with Crippen LogP contribution in [-0.4, -0.2) is 56.5 Å². The maximum atomic E-state index is 13.8. The third-order valence-electron chi connectivity index (χ3n) is 5.42. The van der Waals surface area contributed by atoms with E-state index >= 15 is 0 Å². The van der Waals surface area contributed by atoms with Crippen molar-refractivity contribution in [1.29, 1.82) is 0 Å². The average molecular weight is 496 g/mol. The summed E-state index contributed by atoms with van der Waals surface area (Å²) in [5.74, 6) is 0.305. The van der Waals surface area contributed by atoms with E-state index in [1.807, 2.05) is 12.1 Å². The molecule has 0 atom stereocenters.